The van der Waals surface area contributed by atoms with Crippen LogP contribution < -0.4 is 4.74 Å². The van der Waals surface area contributed by atoms with Gasteiger partial charge in [-0.2, -0.15) is 0 Å². The second kappa shape index (κ2) is 13.1. The number of rotatable bonds is 10. The molecule has 1 aromatic heterocycles. The van der Waals surface area contributed by atoms with Crippen LogP contribution in [0.15, 0.2) is 66.7 Å². The summed E-state index contributed by atoms with van der Waals surface area (Å²) in [5.74, 6) is 0.471. The Morgan fingerprint density at radius 3 is 2.40 bits per heavy atom. The lowest BCUT2D eigenvalue weighted by Crippen LogP contribution is -2.42. The lowest BCUT2D eigenvalue weighted by atomic mass is 9.92. The fourth-order valence-corrected chi connectivity index (χ4v) is 6.01. The van der Waals surface area contributed by atoms with Crippen LogP contribution in [-0.2, 0) is 12.8 Å². The quantitative estimate of drug-likeness (QED) is 0.192. The Hall–Kier alpha value is -2.99. The monoisotopic (exact) mass is 577 g/mol. The lowest BCUT2D eigenvalue weighted by molar-refractivity contribution is 0.135. The van der Waals surface area contributed by atoms with E-state index in [1.54, 1.807) is 24.3 Å². The minimum Gasteiger partial charge on any atom is -0.410 e. The van der Waals surface area contributed by atoms with Crippen molar-refractivity contribution in [2.24, 2.45) is 0 Å². The van der Waals surface area contributed by atoms with Crippen molar-refractivity contribution in [3.63, 3.8) is 0 Å². The maximum atomic E-state index is 13.5. The number of hydrogen-bond donors (Lipinski definition) is 1. The molecule has 1 unspecified atom stereocenters. The van der Waals surface area contributed by atoms with Gasteiger partial charge in [-0.3, -0.25) is 4.90 Å². The van der Waals surface area contributed by atoms with Crippen molar-refractivity contribution in [3.05, 3.63) is 99.2 Å². The van der Waals surface area contributed by atoms with Gasteiger partial charge in [0.15, 0.2) is 0 Å². The van der Waals surface area contributed by atoms with E-state index in [2.05, 4.69) is 48.0 Å². The molecule has 1 N–H and O–H groups in total. The molecule has 0 fully saturated rings. The van der Waals surface area contributed by atoms with Gasteiger partial charge in [-0.25, -0.2) is 4.79 Å². The number of unbranched alkanes of at least 4 members (excludes halogenated alkanes) is 2. The van der Waals surface area contributed by atoms with E-state index < -0.39 is 0 Å². The van der Waals surface area contributed by atoms with E-state index in [-0.39, 0.29) is 12.1 Å². The van der Waals surface area contributed by atoms with Gasteiger partial charge >= 0.3 is 6.09 Å². The number of halogens is 2. The van der Waals surface area contributed by atoms with Crippen molar-refractivity contribution in [2.45, 2.75) is 52.0 Å². The number of ether oxygens (including phenoxy) is 1. The van der Waals surface area contributed by atoms with Crippen LogP contribution in [0.4, 0.5) is 4.79 Å². The highest BCUT2D eigenvalue weighted by atomic mass is 35.5. The van der Waals surface area contributed by atoms with Crippen molar-refractivity contribution in [2.75, 3.05) is 26.2 Å². The number of benzene rings is 3. The van der Waals surface area contributed by atoms with Crippen molar-refractivity contribution in [1.82, 2.24) is 14.8 Å². The minimum absolute atomic E-state index is 0.294. The third-order valence-electron chi connectivity index (χ3n) is 7.97. The van der Waals surface area contributed by atoms with Crippen LogP contribution in [0.1, 0.15) is 61.5 Å². The molecule has 0 spiro atoms. The summed E-state index contributed by atoms with van der Waals surface area (Å²) in [7, 11) is 0. The van der Waals surface area contributed by atoms with Gasteiger partial charge in [-0.15, -0.1) is 0 Å². The summed E-state index contributed by atoms with van der Waals surface area (Å²) in [5.41, 5.74) is 5.61. The standard InChI is InChI=1S/C33H37Cl2N3O2/c1-3-37(4-2)20-7-5-6-8-23-9-11-24(12-10-23)32-31-28(29-22-26(35)15-18-30(29)36-31)19-21-38(32)33(39)40-27-16-13-25(34)14-17-27/h9-18,22,32,36H,3-8,19-21H2,1-2H3. The van der Waals surface area contributed by atoms with Crippen molar-refractivity contribution >= 4 is 40.2 Å². The minimum atomic E-state index is -0.382. The Labute approximate surface area is 247 Å². The first-order valence-electron chi connectivity index (χ1n) is 14.3. The van der Waals surface area contributed by atoms with E-state index in [0.29, 0.717) is 28.8 Å². The van der Waals surface area contributed by atoms with Crippen molar-refractivity contribution < 1.29 is 9.53 Å². The molecule has 1 aliphatic rings. The molecule has 40 heavy (non-hydrogen) atoms. The zero-order valence-electron chi connectivity index (χ0n) is 23.3. The number of nitrogens with zero attached hydrogens (tertiary/aromatic N) is 2. The van der Waals surface area contributed by atoms with Gasteiger partial charge in [-0.1, -0.05) is 67.7 Å². The highest BCUT2D eigenvalue weighted by Crippen LogP contribution is 2.39. The van der Waals surface area contributed by atoms with E-state index in [1.807, 2.05) is 23.1 Å². The molecule has 1 atom stereocenters. The molecule has 1 amide bonds. The summed E-state index contributed by atoms with van der Waals surface area (Å²) < 4.78 is 5.79. The van der Waals surface area contributed by atoms with Crippen LogP contribution in [0.2, 0.25) is 10.0 Å². The van der Waals surface area contributed by atoms with Crippen LogP contribution in [0.3, 0.4) is 0 Å². The normalized spacial score (nSPS) is 15.0. The summed E-state index contributed by atoms with van der Waals surface area (Å²) in [5, 5.41) is 2.41. The summed E-state index contributed by atoms with van der Waals surface area (Å²) in [6.07, 6.45) is 5.03. The predicted molar refractivity (Wildman–Crippen MR) is 165 cm³/mol. The Bertz CT molecular complexity index is 1430. The molecule has 0 aliphatic carbocycles. The van der Waals surface area contributed by atoms with Crippen molar-refractivity contribution in [3.8, 4) is 5.75 Å². The molecule has 210 valence electrons. The molecule has 7 heteroatoms. The number of nitrogens with one attached hydrogen (secondary N) is 1. The molecule has 4 aromatic rings. The number of H-pyrrole nitrogens is 1. The van der Waals surface area contributed by atoms with Crippen LogP contribution in [0.5, 0.6) is 5.75 Å². The van der Waals surface area contributed by atoms with E-state index in [1.165, 1.54) is 36.9 Å². The van der Waals surface area contributed by atoms with E-state index >= 15 is 0 Å². The first-order chi connectivity index (χ1) is 19.5. The predicted octanol–water partition coefficient (Wildman–Crippen LogP) is 8.68. The number of aromatic nitrogens is 1. The Morgan fingerprint density at radius 2 is 1.68 bits per heavy atom. The molecule has 1 aliphatic heterocycles. The fraction of sp³-hybridized carbons (Fsp3) is 0.364. The molecular formula is C33H37Cl2N3O2. The number of fused-ring (bicyclic) bond motifs is 3. The lowest BCUT2D eigenvalue weighted by Gasteiger charge is -2.35. The highest BCUT2D eigenvalue weighted by Gasteiger charge is 2.35. The summed E-state index contributed by atoms with van der Waals surface area (Å²) in [4.78, 5) is 21.4. The van der Waals surface area contributed by atoms with E-state index in [0.717, 1.165) is 41.7 Å². The Kier molecular flexibility index (Phi) is 9.36. The molecule has 2 heterocycles. The van der Waals surface area contributed by atoms with Gasteiger partial charge in [0.2, 0.25) is 0 Å². The zero-order valence-corrected chi connectivity index (χ0v) is 24.8. The van der Waals surface area contributed by atoms with Gasteiger partial charge in [0, 0.05) is 33.2 Å². The summed E-state index contributed by atoms with van der Waals surface area (Å²) in [6.45, 7) is 8.40. The highest BCUT2D eigenvalue weighted by molar-refractivity contribution is 6.31. The van der Waals surface area contributed by atoms with Crippen LogP contribution in [-0.4, -0.2) is 47.1 Å². The molecule has 0 bridgehead atoms. The first-order valence-corrected chi connectivity index (χ1v) is 15.1. The molecule has 0 saturated carbocycles. The summed E-state index contributed by atoms with van der Waals surface area (Å²) >= 11 is 12.4. The number of amides is 1. The Balaban J connectivity index is 1.36. The largest absolute Gasteiger partial charge is 0.416 e. The van der Waals surface area contributed by atoms with E-state index in [9.17, 15) is 4.79 Å². The molecule has 0 saturated heterocycles. The average molecular weight is 579 g/mol. The van der Waals surface area contributed by atoms with Crippen LogP contribution in [0.25, 0.3) is 10.9 Å². The number of aromatic amines is 1. The molecular weight excluding hydrogens is 541 g/mol. The third-order valence-corrected chi connectivity index (χ3v) is 8.46. The molecule has 5 rings (SSSR count). The topological polar surface area (TPSA) is 48.6 Å². The number of carbonyl (C=O) groups is 1. The Morgan fingerprint density at radius 1 is 0.950 bits per heavy atom. The maximum absolute atomic E-state index is 13.5. The van der Waals surface area contributed by atoms with Gasteiger partial charge in [0.1, 0.15) is 11.8 Å². The second-order valence-corrected chi connectivity index (χ2v) is 11.3. The van der Waals surface area contributed by atoms with Gasteiger partial charge in [0.25, 0.3) is 0 Å². The number of carbonyl (C=O) groups excluding carboxylic acids is 1. The van der Waals surface area contributed by atoms with E-state index in [4.69, 9.17) is 27.9 Å². The maximum Gasteiger partial charge on any atom is 0.416 e. The van der Waals surface area contributed by atoms with Crippen molar-refractivity contribution in [1.29, 1.82) is 0 Å². The second-order valence-electron chi connectivity index (χ2n) is 10.5. The molecule has 0 radical (unpaired) electrons. The zero-order chi connectivity index (χ0) is 28.1. The smallest absolute Gasteiger partial charge is 0.410 e. The van der Waals surface area contributed by atoms with Crippen LogP contribution >= 0.6 is 23.2 Å². The van der Waals surface area contributed by atoms with Gasteiger partial charge in [-0.05, 0) is 104 Å². The number of hydrogen-bond acceptors (Lipinski definition) is 3. The first kappa shape index (κ1) is 28.5. The van der Waals surface area contributed by atoms with Gasteiger partial charge in [0.05, 0.1) is 0 Å². The fourth-order valence-electron chi connectivity index (χ4n) is 5.71. The molecule has 5 nitrogen and oxygen atoms in total. The third kappa shape index (κ3) is 6.49. The average Bonchev–Trinajstić information content (AvgIpc) is 3.34. The van der Waals surface area contributed by atoms with Gasteiger partial charge < -0.3 is 14.6 Å². The van der Waals surface area contributed by atoms with Crippen LogP contribution in [0, 0.1) is 0 Å². The molecule has 3 aromatic carbocycles. The SMILES string of the molecule is CCN(CC)CCCCCc1ccc(C2c3[nH]c4ccc(Cl)cc4c3CCN2C(=O)Oc2ccc(Cl)cc2)cc1. The summed E-state index contributed by atoms with van der Waals surface area (Å²) in [6, 6.07) is 21.2. The number of aryl methyl sites for hydroxylation is 1.